The highest BCUT2D eigenvalue weighted by molar-refractivity contribution is 7.89. The van der Waals surface area contributed by atoms with Crippen molar-refractivity contribution in [2.45, 2.75) is 30.7 Å². The van der Waals surface area contributed by atoms with Crippen molar-refractivity contribution in [3.8, 4) is 11.5 Å². The number of rotatable bonds is 7. The standard InChI is InChI=1S/C21H25NO6S/c1-4-28-21(23)15-7-10-17(11-8-15)29(24,25)22-13-5-6-19(22)18-14-16(26-2)9-12-20(18)27-3/h7-12,14,19H,4-6,13H2,1-3H3/t19-/m1/s1. The Labute approximate surface area is 171 Å². The first kappa shape index (κ1) is 21.1. The van der Waals surface area contributed by atoms with Gasteiger partial charge in [0.05, 0.1) is 37.3 Å². The molecule has 0 amide bonds. The van der Waals surface area contributed by atoms with Gasteiger partial charge >= 0.3 is 5.97 Å². The van der Waals surface area contributed by atoms with Crippen LogP contribution in [0.1, 0.15) is 41.7 Å². The summed E-state index contributed by atoms with van der Waals surface area (Å²) in [6, 6.07) is 10.9. The van der Waals surface area contributed by atoms with Gasteiger partial charge in [-0.3, -0.25) is 0 Å². The molecule has 1 aliphatic heterocycles. The van der Waals surface area contributed by atoms with E-state index in [4.69, 9.17) is 14.2 Å². The van der Waals surface area contributed by atoms with Gasteiger partial charge in [0, 0.05) is 12.1 Å². The molecule has 0 radical (unpaired) electrons. The van der Waals surface area contributed by atoms with Crippen molar-refractivity contribution in [1.82, 2.24) is 4.31 Å². The van der Waals surface area contributed by atoms with Gasteiger partial charge < -0.3 is 14.2 Å². The van der Waals surface area contributed by atoms with E-state index in [0.717, 1.165) is 12.0 Å². The van der Waals surface area contributed by atoms with Gasteiger partial charge in [0.1, 0.15) is 11.5 Å². The Kier molecular flexibility index (Phi) is 6.44. The molecule has 0 unspecified atom stereocenters. The first-order valence-electron chi connectivity index (χ1n) is 9.43. The highest BCUT2D eigenvalue weighted by Gasteiger charge is 2.37. The number of ether oxygens (including phenoxy) is 3. The summed E-state index contributed by atoms with van der Waals surface area (Å²) >= 11 is 0. The Morgan fingerprint density at radius 1 is 1.10 bits per heavy atom. The summed E-state index contributed by atoms with van der Waals surface area (Å²) in [4.78, 5) is 12.0. The Balaban J connectivity index is 1.93. The van der Waals surface area contributed by atoms with E-state index in [1.165, 1.54) is 28.6 Å². The molecule has 7 nitrogen and oxygen atoms in total. The van der Waals surface area contributed by atoms with Gasteiger partial charge in [-0.25, -0.2) is 13.2 Å². The Morgan fingerprint density at radius 2 is 1.83 bits per heavy atom. The van der Waals surface area contributed by atoms with Crippen LogP contribution in [0.4, 0.5) is 0 Å². The minimum Gasteiger partial charge on any atom is -0.497 e. The normalized spacial score (nSPS) is 17.1. The zero-order chi connectivity index (χ0) is 21.0. The summed E-state index contributed by atoms with van der Waals surface area (Å²) in [5, 5.41) is 0. The lowest BCUT2D eigenvalue weighted by Crippen LogP contribution is -2.31. The summed E-state index contributed by atoms with van der Waals surface area (Å²) in [6.07, 6.45) is 1.43. The van der Waals surface area contributed by atoms with Crippen LogP contribution >= 0.6 is 0 Å². The van der Waals surface area contributed by atoms with Crippen LogP contribution < -0.4 is 9.47 Å². The molecule has 0 N–H and O–H groups in total. The number of hydrogen-bond donors (Lipinski definition) is 0. The van der Waals surface area contributed by atoms with Gasteiger partial charge in [0.25, 0.3) is 0 Å². The van der Waals surface area contributed by atoms with E-state index >= 15 is 0 Å². The van der Waals surface area contributed by atoms with Crippen molar-refractivity contribution in [3.05, 3.63) is 53.6 Å². The van der Waals surface area contributed by atoms with Crippen molar-refractivity contribution in [1.29, 1.82) is 0 Å². The molecule has 1 fully saturated rings. The highest BCUT2D eigenvalue weighted by atomic mass is 32.2. The van der Waals surface area contributed by atoms with Gasteiger partial charge in [-0.2, -0.15) is 4.31 Å². The smallest absolute Gasteiger partial charge is 0.338 e. The van der Waals surface area contributed by atoms with Crippen LogP contribution in [0.2, 0.25) is 0 Å². The fourth-order valence-electron chi connectivity index (χ4n) is 3.55. The third-order valence-electron chi connectivity index (χ3n) is 4.97. The molecule has 0 spiro atoms. The van der Waals surface area contributed by atoms with Gasteiger partial charge in [0.2, 0.25) is 10.0 Å². The average Bonchev–Trinajstić information content (AvgIpc) is 3.24. The van der Waals surface area contributed by atoms with E-state index in [-0.39, 0.29) is 17.5 Å². The Morgan fingerprint density at radius 3 is 2.45 bits per heavy atom. The summed E-state index contributed by atoms with van der Waals surface area (Å²) in [6.45, 7) is 2.39. The van der Waals surface area contributed by atoms with E-state index in [1.54, 1.807) is 33.3 Å². The third kappa shape index (κ3) is 4.23. The maximum atomic E-state index is 13.3. The number of carbonyl (C=O) groups excluding carboxylic acids is 1. The minimum absolute atomic E-state index is 0.138. The van der Waals surface area contributed by atoms with E-state index in [9.17, 15) is 13.2 Å². The number of benzene rings is 2. The van der Waals surface area contributed by atoms with Crippen LogP contribution in [0, 0.1) is 0 Å². The number of sulfonamides is 1. The molecule has 0 aromatic heterocycles. The molecule has 1 atom stereocenters. The molecular formula is C21H25NO6S. The summed E-state index contributed by atoms with van der Waals surface area (Å²) in [7, 11) is -0.618. The van der Waals surface area contributed by atoms with Crippen molar-refractivity contribution in [2.24, 2.45) is 0 Å². The number of esters is 1. The molecule has 2 aromatic rings. The molecule has 1 aliphatic rings. The average molecular weight is 419 g/mol. The number of methoxy groups -OCH3 is 2. The third-order valence-corrected chi connectivity index (χ3v) is 6.89. The van der Waals surface area contributed by atoms with Crippen LogP contribution in [0.5, 0.6) is 11.5 Å². The highest BCUT2D eigenvalue weighted by Crippen LogP contribution is 2.41. The first-order valence-corrected chi connectivity index (χ1v) is 10.9. The van der Waals surface area contributed by atoms with Crippen molar-refractivity contribution >= 4 is 16.0 Å². The zero-order valence-electron chi connectivity index (χ0n) is 16.8. The first-order chi connectivity index (χ1) is 13.9. The van der Waals surface area contributed by atoms with Crippen LogP contribution in [0.3, 0.4) is 0 Å². The lowest BCUT2D eigenvalue weighted by Gasteiger charge is -2.26. The van der Waals surface area contributed by atoms with Crippen LogP contribution in [0.15, 0.2) is 47.4 Å². The second kappa shape index (κ2) is 8.84. The number of carbonyl (C=O) groups is 1. The van der Waals surface area contributed by atoms with E-state index in [1.807, 2.05) is 6.07 Å². The second-order valence-electron chi connectivity index (χ2n) is 6.63. The maximum absolute atomic E-state index is 13.3. The Hall–Kier alpha value is -2.58. The minimum atomic E-state index is -3.75. The van der Waals surface area contributed by atoms with Crippen LogP contribution in [0.25, 0.3) is 0 Å². The van der Waals surface area contributed by atoms with Crippen molar-refractivity contribution in [3.63, 3.8) is 0 Å². The van der Waals surface area contributed by atoms with Gasteiger partial charge in [-0.05, 0) is 62.2 Å². The summed E-state index contributed by atoms with van der Waals surface area (Å²) < 4.78 is 43.8. The van der Waals surface area contributed by atoms with Crippen LogP contribution in [-0.4, -0.2) is 46.1 Å². The summed E-state index contributed by atoms with van der Waals surface area (Å²) in [5.41, 5.74) is 1.09. The summed E-state index contributed by atoms with van der Waals surface area (Å²) in [5.74, 6) is 0.788. The zero-order valence-corrected chi connectivity index (χ0v) is 17.6. The quantitative estimate of drug-likeness (QED) is 0.640. The molecule has 2 aromatic carbocycles. The second-order valence-corrected chi connectivity index (χ2v) is 8.52. The van der Waals surface area contributed by atoms with E-state index < -0.39 is 16.0 Å². The molecule has 0 aliphatic carbocycles. The SMILES string of the molecule is CCOC(=O)c1ccc(S(=O)(=O)N2CCC[C@@H]2c2cc(OC)ccc2OC)cc1. The van der Waals surface area contributed by atoms with E-state index in [0.29, 0.717) is 30.0 Å². The predicted molar refractivity (Wildman–Crippen MR) is 108 cm³/mol. The maximum Gasteiger partial charge on any atom is 0.338 e. The van der Waals surface area contributed by atoms with Gasteiger partial charge in [0.15, 0.2) is 0 Å². The molecule has 8 heteroatoms. The van der Waals surface area contributed by atoms with Crippen molar-refractivity contribution in [2.75, 3.05) is 27.4 Å². The van der Waals surface area contributed by atoms with E-state index in [2.05, 4.69) is 0 Å². The topological polar surface area (TPSA) is 82.1 Å². The molecule has 1 saturated heterocycles. The fourth-order valence-corrected chi connectivity index (χ4v) is 5.23. The number of nitrogens with zero attached hydrogens (tertiary/aromatic N) is 1. The molecule has 0 bridgehead atoms. The number of hydrogen-bond acceptors (Lipinski definition) is 6. The Bertz CT molecular complexity index is 971. The molecule has 1 heterocycles. The van der Waals surface area contributed by atoms with Gasteiger partial charge in [-0.1, -0.05) is 0 Å². The lowest BCUT2D eigenvalue weighted by atomic mass is 10.0. The molecule has 3 rings (SSSR count). The predicted octanol–water partition coefficient (Wildman–Crippen LogP) is 3.41. The molecule has 156 valence electrons. The lowest BCUT2D eigenvalue weighted by molar-refractivity contribution is 0.0526. The van der Waals surface area contributed by atoms with Crippen molar-refractivity contribution < 1.29 is 27.4 Å². The molecule has 0 saturated carbocycles. The van der Waals surface area contributed by atoms with Gasteiger partial charge in [-0.15, -0.1) is 0 Å². The molecular weight excluding hydrogens is 394 g/mol. The fraction of sp³-hybridized carbons (Fsp3) is 0.381. The molecule has 29 heavy (non-hydrogen) atoms. The van der Waals surface area contributed by atoms with Crippen LogP contribution in [-0.2, 0) is 14.8 Å². The largest absolute Gasteiger partial charge is 0.497 e. The monoisotopic (exact) mass is 419 g/mol.